The number of hydroxylamine groups is 1. The minimum Gasteiger partial charge on any atom is -0.491 e. The molecule has 0 spiro atoms. The number of amides is 2. The van der Waals surface area contributed by atoms with E-state index in [1.807, 2.05) is 54.6 Å². The molecule has 0 aliphatic heterocycles. The number of furan rings is 1. The summed E-state index contributed by atoms with van der Waals surface area (Å²) in [4.78, 5) is 24.3. The van der Waals surface area contributed by atoms with Crippen molar-refractivity contribution in [2.75, 3.05) is 6.61 Å². The van der Waals surface area contributed by atoms with Crippen molar-refractivity contribution in [3.63, 3.8) is 0 Å². The van der Waals surface area contributed by atoms with Gasteiger partial charge in [0.2, 0.25) is 0 Å². The van der Waals surface area contributed by atoms with E-state index < -0.39 is 5.91 Å². The summed E-state index contributed by atoms with van der Waals surface area (Å²) in [5, 5.41) is 12.6. The standard InChI is InChI=1S/C26H24N2O5/c29-25(28-31)19-11-14-22(15-12-19)32-17-21(13-10-18-6-2-1-3-7-18)27-26(30)24-16-20-8-4-5-9-23(20)33-24/h1-9,11-12,14-16,21,31H,10,13,17H2,(H,27,30)(H,28,29)/t21-/m0/s1. The Labute approximate surface area is 190 Å². The molecule has 0 unspecified atom stereocenters. The van der Waals surface area contributed by atoms with Gasteiger partial charge in [-0.05, 0) is 54.8 Å². The van der Waals surface area contributed by atoms with Gasteiger partial charge in [-0.3, -0.25) is 14.8 Å². The van der Waals surface area contributed by atoms with Gasteiger partial charge >= 0.3 is 0 Å². The summed E-state index contributed by atoms with van der Waals surface area (Å²) in [5.41, 5.74) is 3.73. The number of rotatable bonds is 9. The van der Waals surface area contributed by atoms with Crippen molar-refractivity contribution in [1.29, 1.82) is 0 Å². The molecule has 0 aliphatic carbocycles. The summed E-state index contributed by atoms with van der Waals surface area (Å²) in [6.45, 7) is 0.240. The second kappa shape index (κ2) is 10.5. The lowest BCUT2D eigenvalue weighted by Gasteiger charge is -2.19. The van der Waals surface area contributed by atoms with Gasteiger partial charge in [-0.2, -0.15) is 0 Å². The van der Waals surface area contributed by atoms with Crippen molar-refractivity contribution in [3.8, 4) is 5.75 Å². The second-order valence-electron chi connectivity index (χ2n) is 7.62. The molecule has 0 saturated carbocycles. The molecule has 4 aromatic rings. The van der Waals surface area contributed by atoms with Gasteiger partial charge in [0.15, 0.2) is 5.76 Å². The first-order valence-corrected chi connectivity index (χ1v) is 10.6. The van der Waals surface area contributed by atoms with Crippen LogP contribution < -0.4 is 15.5 Å². The third-order valence-electron chi connectivity index (χ3n) is 5.28. The number of benzene rings is 3. The quantitative estimate of drug-likeness (QED) is 0.263. The number of para-hydroxylation sites is 1. The minimum absolute atomic E-state index is 0.240. The Morgan fingerprint density at radius 3 is 2.36 bits per heavy atom. The Morgan fingerprint density at radius 2 is 1.64 bits per heavy atom. The number of aryl methyl sites for hydroxylation is 1. The lowest BCUT2D eigenvalue weighted by molar-refractivity contribution is 0.0706. The highest BCUT2D eigenvalue weighted by atomic mass is 16.5. The van der Waals surface area contributed by atoms with Crippen molar-refractivity contribution in [2.24, 2.45) is 0 Å². The molecule has 2 amide bonds. The van der Waals surface area contributed by atoms with Crippen molar-refractivity contribution in [2.45, 2.75) is 18.9 Å². The Hall–Kier alpha value is -4.10. The molecule has 7 nitrogen and oxygen atoms in total. The Balaban J connectivity index is 1.43. The number of carbonyl (C=O) groups excluding carboxylic acids is 2. The summed E-state index contributed by atoms with van der Waals surface area (Å²) in [6, 6.07) is 25.3. The zero-order chi connectivity index (χ0) is 23.0. The van der Waals surface area contributed by atoms with E-state index in [0.29, 0.717) is 23.3 Å². The van der Waals surface area contributed by atoms with Gasteiger partial charge in [-0.15, -0.1) is 0 Å². The van der Waals surface area contributed by atoms with Crippen LogP contribution in [0.15, 0.2) is 89.3 Å². The maximum atomic E-state index is 12.9. The molecule has 1 atom stereocenters. The molecule has 0 aliphatic rings. The largest absolute Gasteiger partial charge is 0.491 e. The summed E-state index contributed by atoms with van der Waals surface area (Å²) >= 11 is 0. The molecule has 1 aromatic heterocycles. The van der Waals surface area contributed by atoms with E-state index in [1.54, 1.807) is 35.8 Å². The second-order valence-corrected chi connectivity index (χ2v) is 7.62. The molecule has 0 fully saturated rings. The zero-order valence-electron chi connectivity index (χ0n) is 17.9. The third kappa shape index (κ3) is 5.78. The minimum atomic E-state index is -0.597. The first-order valence-electron chi connectivity index (χ1n) is 10.6. The highest BCUT2D eigenvalue weighted by Crippen LogP contribution is 2.19. The highest BCUT2D eigenvalue weighted by molar-refractivity contribution is 5.96. The monoisotopic (exact) mass is 444 g/mol. The van der Waals surface area contributed by atoms with Crippen LogP contribution in [0.4, 0.5) is 0 Å². The van der Waals surface area contributed by atoms with Gasteiger partial charge in [0.25, 0.3) is 11.8 Å². The number of nitrogens with one attached hydrogen (secondary N) is 2. The molecule has 168 valence electrons. The van der Waals surface area contributed by atoms with E-state index in [2.05, 4.69) is 5.32 Å². The van der Waals surface area contributed by atoms with E-state index in [-0.39, 0.29) is 24.3 Å². The number of carbonyl (C=O) groups is 2. The smallest absolute Gasteiger partial charge is 0.287 e. The van der Waals surface area contributed by atoms with Crippen LogP contribution in [-0.4, -0.2) is 29.7 Å². The van der Waals surface area contributed by atoms with Crippen molar-refractivity contribution in [3.05, 3.63) is 102 Å². The average Bonchev–Trinajstić information content (AvgIpc) is 3.31. The van der Waals surface area contributed by atoms with Gasteiger partial charge in [0, 0.05) is 10.9 Å². The first kappa shape index (κ1) is 22.1. The zero-order valence-corrected chi connectivity index (χ0v) is 17.9. The Kier molecular flexibility index (Phi) is 7.02. The Bertz CT molecular complexity index is 1190. The van der Waals surface area contributed by atoms with E-state index in [4.69, 9.17) is 14.4 Å². The fourth-order valence-corrected chi connectivity index (χ4v) is 3.50. The molecule has 3 aromatic carbocycles. The van der Waals surface area contributed by atoms with Gasteiger partial charge in [-0.1, -0.05) is 48.5 Å². The Morgan fingerprint density at radius 1 is 0.909 bits per heavy atom. The molecule has 0 radical (unpaired) electrons. The topological polar surface area (TPSA) is 101 Å². The van der Waals surface area contributed by atoms with E-state index >= 15 is 0 Å². The summed E-state index contributed by atoms with van der Waals surface area (Å²) in [5.74, 6) is -0.101. The van der Waals surface area contributed by atoms with Crippen molar-refractivity contribution >= 4 is 22.8 Å². The average molecular weight is 444 g/mol. The number of hydrogen-bond acceptors (Lipinski definition) is 5. The molecule has 33 heavy (non-hydrogen) atoms. The molecule has 0 bridgehead atoms. The molecule has 4 rings (SSSR count). The normalized spacial score (nSPS) is 11.7. The molecule has 3 N–H and O–H groups in total. The van der Waals surface area contributed by atoms with Crippen LogP contribution in [0, 0.1) is 0 Å². The summed E-state index contributed by atoms with van der Waals surface area (Å²) in [6.07, 6.45) is 1.44. The maximum Gasteiger partial charge on any atom is 0.287 e. The predicted molar refractivity (Wildman–Crippen MR) is 123 cm³/mol. The van der Waals surface area contributed by atoms with Crippen LogP contribution in [0.1, 0.15) is 32.9 Å². The van der Waals surface area contributed by atoms with Gasteiger partial charge in [0.1, 0.15) is 17.9 Å². The summed E-state index contributed by atoms with van der Waals surface area (Å²) < 4.78 is 11.6. The van der Waals surface area contributed by atoms with Gasteiger partial charge in [-0.25, -0.2) is 5.48 Å². The van der Waals surface area contributed by atoms with Crippen LogP contribution in [0.3, 0.4) is 0 Å². The molecule has 1 heterocycles. The third-order valence-corrected chi connectivity index (χ3v) is 5.28. The lowest BCUT2D eigenvalue weighted by Crippen LogP contribution is -2.39. The molecule has 7 heteroatoms. The van der Waals surface area contributed by atoms with E-state index in [1.165, 1.54) is 5.56 Å². The van der Waals surface area contributed by atoms with Crippen LogP contribution in [0.25, 0.3) is 11.0 Å². The van der Waals surface area contributed by atoms with Gasteiger partial charge < -0.3 is 14.5 Å². The van der Waals surface area contributed by atoms with Crippen molar-refractivity contribution in [1.82, 2.24) is 10.8 Å². The predicted octanol–water partition coefficient (Wildman–Crippen LogP) is 4.36. The van der Waals surface area contributed by atoms with Crippen LogP contribution >= 0.6 is 0 Å². The molecule has 0 saturated heterocycles. The SMILES string of the molecule is O=C(NO)c1ccc(OC[C@H](CCc2ccccc2)NC(=O)c2cc3ccccc3o2)cc1. The molecular weight excluding hydrogens is 420 g/mol. The number of hydrogen-bond donors (Lipinski definition) is 3. The fraction of sp³-hybridized carbons (Fsp3) is 0.154. The molecular formula is C26H24N2O5. The summed E-state index contributed by atoms with van der Waals surface area (Å²) in [7, 11) is 0. The highest BCUT2D eigenvalue weighted by Gasteiger charge is 2.18. The number of fused-ring (bicyclic) bond motifs is 1. The van der Waals surface area contributed by atoms with Gasteiger partial charge in [0.05, 0.1) is 6.04 Å². The number of ether oxygens (including phenoxy) is 1. The van der Waals surface area contributed by atoms with E-state index in [9.17, 15) is 9.59 Å². The van der Waals surface area contributed by atoms with Crippen LogP contribution in [0.2, 0.25) is 0 Å². The van der Waals surface area contributed by atoms with Crippen LogP contribution in [-0.2, 0) is 6.42 Å². The lowest BCUT2D eigenvalue weighted by atomic mass is 10.1. The van der Waals surface area contributed by atoms with Crippen LogP contribution in [0.5, 0.6) is 5.75 Å². The fourth-order valence-electron chi connectivity index (χ4n) is 3.50. The first-order chi connectivity index (χ1) is 16.1. The van der Waals surface area contributed by atoms with E-state index in [0.717, 1.165) is 11.8 Å². The van der Waals surface area contributed by atoms with Crippen molar-refractivity contribution < 1.29 is 24.0 Å². The maximum absolute atomic E-state index is 12.9.